The van der Waals surface area contributed by atoms with E-state index in [0.29, 0.717) is 0 Å². The normalized spacial score (nSPS) is 11.4. The van der Waals surface area contributed by atoms with Gasteiger partial charge in [0.05, 0.1) is 15.7 Å². The fourth-order valence-corrected chi connectivity index (χ4v) is 7.99. The van der Waals surface area contributed by atoms with Crippen molar-refractivity contribution in [3.05, 3.63) is 182 Å². The summed E-state index contributed by atoms with van der Waals surface area (Å²) in [7, 11) is 0. The third kappa shape index (κ3) is 4.80. The molecule has 0 radical (unpaired) electrons. The molecule has 7 aromatic carbocycles. The van der Waals surface area contributed by atoms with Crippen LogP contribution in [0.25, 0.3) is 59.3 Å². The maximum Gasteiger partial charge on any atom is 0.109 e. The minimum Gasteiger partial charge on any atom is -0.311 e. The third-order valence-corrected chi connectivity index (χ3v) is 10.2. The van der Waals surface area contributed by atoms with Crippen molar-refractivity contribution < 1.29 is 0 Å². The fraction of sp³-hybridized carbons (Fsp3) is 0. The van der Waals surface area contributed by atoms with Crippen LogP contribution in [0, 0.1) is 0 Å². The van der Waals surface area contributed by atoms with Gasteiger partial charge in [-0.3, -0.25) is 4.40 Å². The Morgan fingerprint density at radius 2 is 0.787 bits per heavy atom. The summed E-state index contributed by atoms with van der Waals surface area (Å²) in [4.78, 5) is 3.63. The van der Waals surface area contributed by atoms with E-state index in [2.05, 4.69) is 191 Å². The number of para-hydroxylation sites is 2. The molecule has 0 aliphatic rings. The van der Waals surface area contributed by atoms with Crippen molar-refractivity contribution in [3.63, 3.8) is 0 Å². The molecule has 0 fully saturated rings. The molecule has 0 spiro atoms. The van der Waals surface area contributed by atoms with Crippen LogP contribution in [0.2, 0.25) is 0 Å². The second-order valence-corrected chi connectivity index (χ2v) is 12.8. The summed E-state index contributed by atoms with van der Waals surface area (Å²) >= 11 is 1.86. The zero-order valence-electron chi connectivity index (χ0n) is 25.6. The van der Waals surface area contributed by atoms with E-state index in [1.165, 1.54) is 59.3 Å². The molecular formula is C44H30N2S. The van der Waals surface area contributed by atoms with Crippen molar-refractivity contribution in [3.8, 4) is 33.4 Å². The Kier molecular flexibility index (Phi) is 6.69. The fourth-order valence-electron chi connectivity index (χ4n) is 6.76. The van der Waals surface area contributed by atoms with E-state index in [-0.39, 0.29) is 0 Å². The maximum absolute atomic E-state index is 2.42. The molecule has 0 unspecified atom stereocenters. The monoisotopic (exact) mass is 618 g/mol. The Balaban J connectivity index is 1.15. The first-order valence-corrected chi connectivity index (χ1v) is 16.8. The molecule has 0 saturated carbocycles. The van der Waals surface area contributed by atoms with Gasteiger partial charge in [0.1, 0.15) is 4.83 Å². The first kappa shape index (κ1) is 27.4. The van der Waals surface area contributed by atoms with Gasteiger partial charge in [-0.15, -0.1) is 11.3 Å². The number of thiazole rings is 1. The molecule has 0 saturated heterocycles. The smallest absolute Gasteiger partial charge is 0.109 e. The van der Waals surface area contributed by atoms with Gasteiger partial charge in [-0.1, -0.05) is 127 Å². The summed E-state index contributed by atoms with van der Waals surface area (Å²) < 4.78 is 3.73. The lowest BCUT2D eigenvalue weighted by Crippen LogP contribution is -2.09. The number of hydrogen-bond acceptors (Lipinski definition) is 2. The van der Waals surface area contributed by atoms with Gasteiger partial charge in [0.25, 0.3) is 0 Å². The van der Waals surface area contributed by atoms with Crippen LogP contribution in [0.3, 0.4) is 0 Å². The number of aromatic nitrogens is 1. The van der Waals surface area contributed by atoms with Crippen LogP contribution in [0.5, 0.6) is 0 Å². The average Bonchev–Trinajstić information content (AvgIpc) is 3.68. The van der Waals surface area contributed by atoms with E-state index >= 15 is 0 Å². The standard InChI is InChI=1S/C44H30N2S/c1-3-11-31(12-4-1)33-19-25-36(26-20-33)45(37-27-21-34(22-28-37)32-13-5-2-6-14-32)38-29-23-35(24-30-38)43-39-15-7-8-16-40(39)46-41-17-9-10-18-42(41)47-44(43)46/h1-30H. The summed E-state index contributed by atoms with van der Waals surface area (Å²) in [6, 6.07) is 65.5. The molecule has 2 nitrogen and oxygen atoms in total. The number of rotatable bonds is 6. The van der Waals surface area contributed by atoms with Crippen molar-refractivity contribution in [1.29, 1.82) is 0 Å². The lowest BCUT2D eigenvalue weighted by atomic mass is 10.0. The number of benzene rings is 7. The second kappa shape index (κ2) is 11.5. The van der Waals surface area contributed by atoms with Crippen LogP contribution in [0.4, 0.5) is 17.1 Å². The van der Waals surface area contributed by atoms with Gasteiger partial charge in [0, 0.05) is 28.0 Å². The first-order chi connectivity index (χ1) is 23.3. The van der Waals surface area contributed by atoms with Crippen molar-refractivity contribution >= 4 is 54.3 Å². The Hall–Kier alpha value is -5.90. The molecule has 9 aromatic rings. The molecule has 222 valence electrons. The van der Waals surface area contributed by atoms with E-state index in [1.807, 2.05) is 11.3 Å². The molecule has 9 rings (SSSR count). The van der Waals surface area contributed by atoms with Crippen LogP contribution in [-0.4, -0.2) is 4.40 Å². The molecule has 2 heterocycles. The predicted molar refractivity (Wildman–Crippen MR) is 201 cm³/mol. The van der Waals surface area contributed by atoms with Gasteiger partial charge in [0.15, 0.2) is 0 Å². The minimum absolute atomic E-state index is 1.12. The Morgan fingerprint density at radius 1 is 0.362 bits per heavy atom. The highest BCUT2D eigenvalue weighted by Crippen LogP contribution is 2.43. The van der Waals surface area contributed by atoms with Crippen LogP contribution < -0.4 is 4.90 Å². The van der Waals surface area contributed by atoms with Crippen LogP contribution in [0.1, 0.15) is 0 Å². The second-order valence-electron chi connectivity index (χ2n) is 11.8. The lowest BCUT2D eigenvalue weighted by molar-refractivity contribution is 1.28. The van der Waals surface area contributed by atoms with Crippen LogP contribution >= 0.6 is 11.3 Å². The summed E-state index contributed by atoms with van der Waals surface area (Å²) in [5, 5.41) is 1.28. The number of fused-ring (bicyclic) bond motifs is 5. The molecule has 0 aliphatic heterocycles. The van der Waals surface area contributed by atoms with Crippen molar-refractivity contribution in [2.45, 2.75) is 0 Å². The molecule has 0 atom stereocenters. The maximum atomic E-state index is 2.42. The summed E-state index contributed by atoms with van der Waals surface area (Å²) in [5.74, 6) is 0. The highest BCUT2D eigenvalue weighted by molar-refractivity contribution is 7.24. The van der Waals surface area contributed by atoms with E-state index < -0.39 is 0 Å². The quantitative estimate of drug-likeness (QED) is 0.180. The summed E-state index contributed by atoms with van der Waals surface area (Å²) in [5.41, 5.74) is 13.2. The van der Waals surface area contributed by atoms with Gasteiger partial charge in [-0.2, -0.15) is 0 Å². The molecular weight excluding hydrogens is 589 g/mol. The predicted octanol–water partition coefficient (Wildman–Crippen LogP) is 12.8. The van der Waals surface area contributed by atoms with E-state index in [9.17, 15) is 0 Å². The van der Waals surface area contributed by atoms with Gasteiger partial charge >= 0.3 is 0 Å². The number of nitrogens with zero attached hydrogens (tertiary/aromatic N) is 2. The molecule has 2 aromatic heterocycles. The largest absolute Gasteiger partial charge is 0.311 e. The van der Waals surface area contributed by atoms with Gasteiger partial charge in [-0.25, -0.2) is 0 Å². The number of anilines is 3. The molecule has 0 bridgehead atoms. The molecule has 47 heavy (non-hydrogen) atoms. The molecule has 3 heteroatoms. The van der Waals surface area contributed by atoms with E-state index in [1.54, 1.807) is 0 Å². The van der Waals surface area contributed by atoms with Gasteiger partial charge < -0.3 is 4.90 Å². The van der Waals surface area contributed by atoms with Crippen molar-refractivity contribution in [2.24, 2.45) is 0 Å². The van der Waals surface area contributed by atoms with Gasteiger partial charge in [0.2, 0.25) is 0 Å². The highest BCUT2D eigenvalue weighted by Gasteiger charge is 2.19. The van der Waals surface area contributed by atoms with Crippen molar-refractivity contribution in [2.75, 3.05) is 4.90 Å². The molecule has 0 amide bonds. The Morgan fingerprint density at radius 3 is 1.34 bits per heavy atom. The topological polar surface area (TPSA) is 7.65 Å². The zero-order chi connectivity index (χ0) is 31.2. The third-order valence-electron chi connectivity index (χ3n) is 9.02. The Labute approximate surface area is 278 Å². The average molecular weight is 619 g/mol. The van der Waals surface area contributed by atoms with Crippen LogP contribution in [0.15, 0.2) is 182 Å². The Bertz CT molecular complexity index is 2390. The minimum atomic E-state index is 1.12. The number of hydrogen-bond donors (Lipinski definition) is 0. The van der Waals surface area contributed by atoms with E-state index in [4.69, 9.17) is 0 Å². The first-order valence-electron chi connectivity index (χ1n) is 15.9. The van der Waals surface area contributed by atoms with E-state index in [0.717, 1.165) is 17.1 Å². The van der Waals surface area contributed by atoms with Crippen molar-refractivity contribution in [1.82, 2.24) is 4.40 Å². The zero-order valence-corrected chi connectivity index (χ0v) is 26.4. The van der Waals surface area contributed by atoms with Gasteiger partial charge in [-0.05, 0) is 82.4 Å². The lowest BCUT2D eigenvalue weighted by Gasteiger charge is -2.26. The summed E-state index contributed by atoms with van der Waals surface area (Å²) in [6.07, 6.45) is 0. The van der Waals surface area contributed by atoms with Crippen LogP contribution in [-0.2, 0) is 0 Å². The molecule has 0 N–H and O–H groups in total. The SMILES string of the molecule is c1ccc(-c2ccc(N(c3ccc(-c4ccccc4)cc3)c3ccc(-c4c5ccccc5n5c4sc4ccccc45)cc3)cc2)cc1. The summed E-state index contributed by atoms with van der Waals surface area (Å²) in [6.45, 7) is 0. The highest BCUT2D eigenvalue weighted by atomic mass is 32.1. The molecule has 0 aliphatic carbocycles.